The van der Waals surface area contributed by atoms with Gasteiger partial charge in [-0.05, 0) is 31.3 Å². The summed E-state index contributed by atoms with van der Waals surface area (Å²) in [5.41, 5.74) is 1.04. The van der Waals surface area contributed by atoms with Gasteiger partial charge in [-0.1, -0.05) is 0 Å². The van der Waals surface area contributed by atoms with E-state index in [1.165, 1.54) is 29.9 Å². The summed E-state index contributed by atoms with van der Waals surface area (Å²) < 4.78 is 46.7. The number of carbonyl (C=O) groups is 1. The molecule has 148 valence electrons. The molecule has 7 nitrogen and oxygen atoms in total. The van der Waals surface area contributed by atoms with Gasteiger partial charge in [-0.3, -0.25) is 4.79 Å². The van der Waals surface area contributed by atoms with Crippen molar-refractivity contribution in [3.05, 3.63) is 53.6 Å². The Bertz CT molecular complexity index is 964. The van der Waals surface area contributed by atoms with Crippen LogP contribution in [0.3, 0.4) is 0 Å². The van der Waals surface area contributed by atoms with Crippen LogP contribution < -0.4 is 15.4 Å². The number of aldehydes is 1. The minimum Gasteiger partial charge on any atom is -0.483 e. The van der Waals surface area contributed by atoms with Gasteiger partial charge in [-0.25, -0.2) is 22.7 Å². The molecule has 10 heteroatoms. The van der Waals surface area contributed by atoms with Gasteiger partial charge in [0.2, 0.25) is 0 Å². The molecule has 0 bridgehead atoms. The maximum absolute atomic E-state index is 13.7. The van der Waals surface area contributed by atoms with Gasteiger partial charge in [0.05, 0.1) is 11.8 Å². The van der Waals surface area contributed by atoms with Gasteiger partial charge in [-0.15, -0.1) is 0 Å². The molecule has 2 aromatic heterocycles. The van der Waals surface area contributed by atoms with Gasteiger partial charge in [-0.2, -0.15) is 5.10 Å². The summed E-state index contributed by atoms with van der Waals surface area (Å²) >= 11 is 0. The molecule has 1 unspecified atom stereocenters. The molecule has 0 saturated heterocycles. The molecule has 0 amide bonds. The number of fused-ring (bicyclic) bond motifs is 1. The number of rotatable bonds is 9. The number of likely N-dealkylation sites (N-methyl/N-ethyl adjacent to an activating group) is 1. The lowest BCUT2D eigenvalue weighted by molar-refractivity contribution is 0.0129. The molecule has 0 fully saturated rings. The highest BCUT2D eigenvalue weighted by molar-refractivity contribution is 5.83. The Kier molecular flexibility index (Phi) is 6.09. The van der Waals surface area contributed by atoms with E-state index < -0.39 is 18.3 Å². The second-order valence-electron chi connectivity index (χ2n) is 5.95. The fourth-order valence-electron chi connectivity index (χ4n) is 2.60. The van der Waals surface area contributed by atoms with Crippen molar-refractivity contribution in [2.75, 3.05) is 18.9 Å². The fraction of sp³-hybridized carbons (Fsp3) is 0.278. The Hall–Kier alpha value is -3.14. The average Bonchev–Trinajstić information content (AvgIpc) is 3.09. The lowest BCUT2D eigenvalue weighted by atomic mass is 10.2. The summed E-state index contributed by atoms with van der Waals surface area (Å²) in [5.74, 6) is 0.0363. The van der Waals surface area contributed by atoms with Gasteiger partial charge in [0.15, 0.2) is 18.0 Å². The van der Waals surface area contributed by atoms with E-state index in [1.807, 2.05) is 0 Å². The van der Waals surface area contributed by atoms with E-state index in [1.54, 1.807) is 12.3 Å². The van der Waals surface area contributed by atoms with Gasteiger partial charge >= 0.3 is 0 Å². The number of hydrogen-bond donors (Lipinski definition) is 2. The summed E-state index contributed by atoms with van der Waals surface area (Å²) in [5, 5.41) is 9.61. The largest absolute Gasteiger partial charge is 0.483 e. The topological polar surface area (TPSA) is 80.5 Å². The molecule has 1 aromatic carbocycles. The summed E-state index contributed by atoms with van der Waals surface area (Å²) in [6.07, 6.45) is -0.426. The number of nitrogens with one attached hydrogen (secondary N) is 2. The van der Waals surface area contributed by atoms with E-state index in [0.717, 1.165) is 6.07 Å². The zero-order valence-corrected chi connectivity index (χ0v) is 14.9. The zero-order valence-electron chi connectivity index (χ0n) is 14.9. The van der Waals surface area contributed by atoms with Crippen LogP contribution in [-0.4, -0.2) is 47.0 Å². The molecular formula is C18H18F3N5O2. The SMILES string of the molecule is CNCC(Oc1ccc(F)cc1CNc1ccn2ncc(C=O)c2n1)C(F)F. The quantitative estimate of drug-likeness (QED) is 0.544. The van der Waals surface area contributed by atoms with Crippen molar-refractivity contribution in [3.63, 3.8) is 0 Å². The summed E-state index contributed by atoms with van der Waals surface area (Å²) in [4.78, 5) is 15.3. The normalized spacial score (nSPS) is 12.3. The first kappa shape index (κ1) is 19.6. The molecule has 0 spiro atoms. The molecule has 28 heavy (non-hydrogen) atoms. The van der Waals surface area contributed by atoms with Crippen molar-refractivity contribution in [1.29, 1.82) is 0 Å². The highest BCUT2D eigenvalue weighted by Crippen LogP contribution is 2.24. The lowest BCUT2D eigenvalue weighted by Gasteiger charge is -2.20. The third-order valence-corrected chi connectivity index (χ3v) is 3.97. The zero-order chi connectivity index (χ0) is 20.1. The van der Waals surface area contributed by atoms with Gasteiger partial charge in [0.25, 0.3) is 6.43 Å². The molecule has 0 aliphatic carbocycles. The lowest BCUT2D eigenvalue weighted by Crippen LogP contribution is -2.35. The Morgan fingerprint density at radius 3 is 2.86 bits per heavy atom. The Morgan fingerprint density at radius 1 is 1.32 bits per heavy atom. The third-order valence-electron chi connectivity index (χ3n) is 3.97. The highest BCUT2D eigenvalue weighted by Gasteiger charge is 2.22. The minimum atomic E-state index is -2.70. The number of alkyl halides is 2. The molecule has 3 rings (SSSR count). The maximum atomic E-state index is 13.7. The van der Waals surface area contributed by atoms with E-state index in [0.29, 0.717) is 28.9 Å². The highest BCUT2D eigenvalue weighted by atomic mass is 19.3. The number of carbonyl (C=O) groups excluding carboxylic acids is 1. The van der Waals surface area contributed by atoms with E-state index in [2.05, 4.69) is 20.7 Å². The van der Waals surface area contributed by atoms with E-state index >= 15 is 0 Å². The van der Waals surface area contributed by atoms with Crippen LogP contribution in [0.1, 0.15) is 15.9 Å². The van der Waals surface area contributed by atoms with Crippen LogP contribution in [0.2, 0.25) is 0 Å². The maximum Gasteiger partial charge on any atom is 0.276 e. The van der Waals surface area contributed by atoms with Crippen molar-refractivity contribution < 1.29 is 22.7 Å². The van der Waals surface area contributed by atoms with Crippen molar-refractivity contribution in [1.82, 2.24) is 19.9 Å². The molecule has 3 aromatic rings. The van der Waals surface area contributed by atoms with Crippen molar-refractivity contribution >= 4 is 17.8 Å². The predicted octanol–water partition coefficient (Wildman–Crippen LogP) is 2.52. The number of anilines is 1. The number of hydrogen-bond acceptors (Lipinski definition) is 6. The molecule has 0 aliphatic heterocycles. The van der Waals surface area contributed by atoms with Gasteiger partial charge < -0.3 is 15.4 Å². The first-order valence-corrected chi connectivity index (χ1v) is 8.43. The standard InChI is InChI=1S/C18H18F3N5O2/c1-22-9-15(17(20)21)28-14-3-2-13(19)6-11(14)7-23-16-4-5-26-18(25-16)12(10-27)8-24-26/h2-6,8,10,15,17,22H,7,9H2,1H3,(H,23,25). The van der Waals surface area contributed by atoms with Crippen molar-refractivity contribution in [2.45, 2.75) is 19.1 Å². The van der Waals surface area contributed by atoms with E-state index in [-0.39, 0.29) is 18.8 Å². The molecule has 0 saturated carbocycles. The first-order valence-electron chi connectivity index (χ1n) is 8.43. The van der Waals surface area contributed by atoms with Crippen LogP contribution >= 0.6 is 0 Å². The number of aromatic nitrogens is 3. The second-order valence-corrected chi connectivity index (χ2v) is 5.95. The molecular weight excluding hydrogens is 375 g/mol. The Labute approximate surface area is 158 Å². The van der Waals surface area contributed by atoms with Gasteiger partial charge in [0, 0.05) is 24.8 Å². The summed E-state index contributed by atoms with van der Waals surface area (Å²) in [7, 11) is 1.54. The number of ether oxygens (including phenoxy) is 1. The van der Waals surface area contributed by atoms with Crippen LogP contribution in [0.15, 0.2) is 36.7 Å². The molecule has 2 N–H and O–H groups in total. The first-order chi connectivity index (χ1) is 13.5. The predicted molar refractivity (Wildman–Crippen MR) is 96.4 cm³/mol. The van der Waals surface area contributed by atoms with Crippen LogP contribution in [0.5, 0.6) is 5.75 Å². The van der Waals surface area contributed by atoms with Crippen LogP contribution in [0.4, 0.5) is 19.0 Å². The van der Waals surface area contributed by atoms with Crippen molar-refractivity contribution in [3.8, 4) is 5.75 Å². The fourth-order valence-corrected chi connectivity index (χ4v) is 2.60. The van der Waals surface area contributed by atoms with Crippen molar-refractivity contribution in [2.24, 2.45) is 0 Å². The monoisotopic (exact) mass is 393 g/mol. The Morgan fingerprint density at radius 2 is 2.14 bits per heavy atom. The average molecular weight is 393 g/mol. The molecule has 1 atom stereocenters. The summed E-state index contributed by atoms with van der Waals surface area (Å²) in [6.45, 7) is 0.0200. The summed E-state index contributed by atoms with van der Waals surface area (Å²) in [6, 6.07) is 5.29. The molecule has 2 heterocycles. The smallest absolute Gasteiger partial charge is 0.276 e. The van der Waals surface area contributed by atoms with E-state index in [9.17, 15) is 18.0 Å². The van der Waals surface area contributed by atoms with Crippen LogP contribution in [0.25, 0.3) is 5.65 Å². The molecule has 0 radical (unpaired) electrons. The Balaban J connectivity index is 1.80. The molecule has 0 aliphatic rings. The van der Waals surface area contributed by atoms with Gasteiger partial charge in [0.1, 0.15) is 17.4 Å². The minimum absolute atomic E-state index is 0.0597. The third kappa shape index (κ3) is 4.39. The number of benzene rings is 1. The van der Waals surface area contributed by atoms with Crippen LogP contribution in [-0.2, 0) is 6.54 Å². The number of nitrogens with zero attached hydrogens (tertiary/aromatic N) is 3. The van der Waals surface area contributed by atoms with E-state index in [4.69, 9.17) is 4.74 Å². The number of halogens is 3. The second kappa shape index (κ2) is 8.70. The van der Waals surface area contributed by atoms with Crippen LogP contribution in [0, 0.1) is 5.82 Å².